The van der Waals surface area contributed by atoms with Gasteiger partial charge in [-0.1, -0.05) is 11.6 Å². The fourth-order valence-electron chi connectivity index (χ4n) is 1.54. The molecule has 1 aromatic carbocycles. The summed E-state index contributed by atoms with van der Waals surface area (Å²) in [6.45, 7) is 8.11. The van der Waals surface area contributed by atoms with E-state index >= 15 is 0 Å². The highest BCUT2D eigenvalue weighted by atomic mass is 35.5. The van der Waals surface area contributed by atoms with Crippen molar-refractivity contribution in [3.05, 3.63) is 27.3 Å². The molecule has 0 saturated carbocycles. The first-order valence-corrected chi connectivity index (χ1v) is 4.68. The van der Waals surface area contributed by atoms with Crippen LogP contribution in [0, 0.1) is 27.7 Å². The first-order valence-electron chi connectivity index (χ1n) is 4.30. The molecule has 1 nitrogen and oxygen atoms in total. The third-order valence-corrected chi connectivity index (χ3v) is 3.24. The maximum Gasteiger partial charge on any atom is 0.125 e. The maximum atomic E-state index is 6.16. The standard InChI is InChI=1S/C11H15ClO/c1-6-8(3)11(13-5)9(4)7(2)10(6)12/h1-5H3. The lowest BCUT2D eigenvalue weighted by Crippen LogP contribution is -1.97. The normalized spacial score (nSPS) is 10.3. The van der Waals surface area contributed by atoms with E-state index in [0.717, 1.165) is 33.0 Å². The lowest BCUT2D eigenvalue weighted by Gasteiger charge is -2.15. The summed E-state index contributed by atoms with van der Waals surface area (Å²) >= 11 is 6.16. The minimum atomic E-state index is 0.857. The molecule has 0 amide bonds. The molecule has 0 aliphatic rings. The fraction of sp³-hybridized carbons (Fsp3) is 0.455. The summed E-state index contributed by atoms with van der Waals surface area (Å²) in [4.78, 5) is 0. The Morgan fingerprint density at radius 3 is 1.54 bits per heavy atom. The van der Waals surface area contributed by atoms with Crippen LogP contribution in [0.5, 0.6) is 5.75 Å². The first-order chi connectivity index (χ1) is 6.00. The average molecular weight is 199 g/mol. The van der Waals surface area contributed by atoms with E-state index in [4.69, 9.17) is 16.3 Å². The molecule has 0 N–H and O–H groups in total. The third kappa shape index (κ3) is 1.53. The zero-order chi connectivity index (χ0) is 10.2. The van der Waals surface area contributed by atoms with Gasteiger partial charge in [0.15, 0.2) is 0 Å². The van der Waals surface area contributed by atoms with Crippen molar-refractivity contribution in [1.29, 1.82) is 0 Å². The molecule has 0 heterocycles. The van der Waals surface area contributed by atoms with Gasteiger partial charge in [-0.3, -0.25) is 0 Å². The topological polar surface area (TPSA) is 9.23 Å². The lowest BCUT2D eigenvalue weighted by atomic mass is 10.00. The predicted octanol–water partition coefficient (Wildman–Crippen LogP) is 3.58. The fourth-order valence-corrected chi connectivity index (χ4v) is 1.82. The number of methoxy groups -OCH3 is 1. The van der Waals surface area contributed by atoms with Gasteiger partial charge >= 0.3 is 0 Å². The summed E-state index contributed by atoms with van der Waals surface area (Å²) in [5.41, 5.74) is 4.49. The van der Waals surface area contributed by atoms with E-state index in [1.165, 1.54) is 0 Å². The molecule has 0 radical (unpaired) electrons. The van der Waals surface area contributed by atoms with Crippen LogP contribution in [0.15, 0.2) is 0 Å². The molecule has 0 unspecified atom stereocenters. The molecule has 2 heteroatoms. The number of hydrogen-bond donors (Lipinski definition) is 0. The van der Waals surface area contributed by atoms with Gasteiger partial charge in [-0.05, 0) is 49.9 Å². The van der Waals surface area contributed by atoms with Crippen molar-refractivity contribution in [3.63, 3.8) is 0 Å². The highest BCUT2D eigenvalue weighted by molar-refractivity contribution is 6.32. The minimum Gasteiger partial charge on any atom is -0.496 e. The molecule has 0 bridgehead atoms. The number of hydrogen-bond acceptors (Lipinski definition) is 1. The summed E-state index contributed by atoms with van der Waals surface area (Å²) in [6.07, 6.45) is 0. The number of ether oxygens (including phenoxy) is 1. The number of rotatable bonds is 1. The van der Waals surface area contributed by atoms with E-state index in [0.29, 0.717) is 0 Å². The Morgan fingerprint density at radius 2 is 1.23 bits per heavy atom. The van der Waals surface area contributed by atoms with E-state index < -0.39 is 0 Å². The van der Waals surface area contributed by atoms with Gasteiger partial charge in [0.2, 0.25) is 0 Å². The van der Waals surface area contributed by atoms with Crippen LogP contribution in [0.3, 0.4) is 0 Å². The highest BCUT2D eigenvalue weighted by Gasteiger charge is 2.12. The Balaban J connectivity index is 3.56. The zero-order valence-corrected chi connectivity index (χ0v) is 9.54. The van der Waals surface area contributed by atoms with Crippen LogP contribution >= 0.6 is 11.6 Å². The second kappa shape index (κ2) is 3.59. The van der Waals surface area contributed by atoms with Crippen molar-refractivity contribution in [3.8, 4) is 5.75 Å². The van der Waals surface area contributed by atoms with Crippen LogP contribution in [-0.2, 0) is 0 Å². The Labute approximate surface area is 84.7 Å². The van der Waals surface area contributed by atoms with Gasteiger partial charge in [0.25, 0.3) is 0 Å². The van der Waals surface area contributed by atoms with Crippen LogP contribution in [0.1, 0.15) is 22.3 Å². The van der Waals surface area contributed by atoms with Crippen LogP contribution in [-0.4, -0.2) is 7.11 Å². The molecule has 0 atom stereocenters. The summed E-state index contributed by atoms with van der Waals surface area (Å²) in [6, 6.07) is 0. The molecule has 1 aromatic rings. The van der Waals surface area contributed by atoms with Gasteiger partial charge in [-0.2, -0.15) is 0 Å². The van der Waals surface area contributed by atoms with Crippen LogP contribution < -0.4 is 4.74 Å². The summed E-state index contributed by atoms with van der Waals surface area (Å²) in [5.74, 6) is 0.958. The summed E-state index contributed by atoms with van der Waals surface area (Å²) < 4.78 is 5.33. The monoisotopic (exact) mass is 198 g/mol. The Morgan fingerprint density at radius 1 is 0.846 bits per heavy atom. The zero-order valence-electron chi connectivity index (χ0n) is 8.79. The second-order valence-corrected chi connectivity index (χ2v) is 3.73. The first kappa shape index (κ1) is 10.4. The van der Waals surface area contributed by atoms with Crippen LogP contribution in [0.4, 0.5) is 0 Å². The molecule has 1 rings (SSSR count). The van der Waals surface area contributed by atoms with Crippen molar-refractivity contribution in [1.82, 2.24) is 0 Å². The van der Waals surface area contributed by atoms with Crippen molar-refractivity contribution in [2.24, 2.45) is 0 Å². The van der Waals surface area contributed by atoms with Gasteiger partial charge < -0.3 is 4.74 Å². The molecule has 0 aromatic heterocycles. The molecular formula is C11H15ClO. The van der Waals surface area contributed by atoms with Crippen molar-refractivity contribution >= 4 is 11.6 Å². The van der Waals surface area contributed by atoms with Gasteiger partial charge in [0, 0.05) is 5.02 Å². The van der Waals surface area contributed by atoms with Crippen LogP contribution in [0.25, 0.3) is 0 Å². The van der Waals surface area contributed by atoms with Gasteiger partial charge in [0.05, 0.1) is 7.11 Å². The van der Waals surface area contributed by atoms with Crippen LogP contribution in [0.2, 0.25) is 5.02 Å². The Kier molecular flexibility index (Phi) is 2.87. The molecule has 0 aliphatic heterocycles. The summed E-state index contributed by atoms with van der Waals surface area (Å²) in [7, 11) is 1.70. The predicted molar refractivity (Wildman–Crippen MR) is 57.0 cm³/mol. The molecule has 0 fully saturated rings. The Hall–Kier alpha value is -0.690. The molecule has 13 heavy (non-hydrogen) atoms. The molecular weight excluding hydrogens is 184 g/mol. The second-order valence-electron chi connectivity index (χ2n) is 3.35. The van der Waals surface area contributed by atoms with E-state index in [1.54, 1.807) is 7.11 Å². The average Bonchev–Trinajstić information content (AvgIpc) is 2.13. The number of benzene rings is 1. The smallest absolute Gasteiger partial charge is 0.125 e. The van der Waals surface area contributed by atoms with Crippen molar-refractivity contribution < 1.29 is 4.74 Å². The minimum absolute atomic E-state index is 0.857. The van der Waals surface area contributed by atoms with E-state index in [2.05, 4.69) is 0 Å². The lowest BCUT2D eigenvalue weighted by molar-refractivity contribution is 0.407. The summed E-state index contributed by atoms with van der Waals surface area (Å²) in [5, 5.41) is 0.857. The third-order valence-electron chi connectivity index (χ3n) is 2.67. The van der Waals surface area contributed by atoms with E-state index in [9.17, 15) is 0 Å². The van der Waals surface area contributed by atoms with E-state index in [1.807, 2.05) is 27.7 Å². The largest absolute Gasteiger partial charge is 0.496 e. The van der Waals surface area contributed by atoms with Crippen molar-refractivity contribution in [2.75, 3.05) is 7.11 Å². The van der Waals surface area contributed by atoms with E-state index in [-0.39, 0.29) is 0 Å². The maximum absolute atomic E-state index is 6.16. The number of halogens is 1. The quantitative estimate of drug-likeness (QED) is 0.670. The molecule has 0 saturated heterocycles. The molecule has 72 valence electrons. The molecule has 0 aliphatic carbocycles. The van der Waals surface area contributed by atoms with Gasteiger partial charge in [-0.15, -0.1) is 0 Å². The van der Waals surface area contributed by atoms with Gasteiger partial charge in [0.1, 0.15) is 5.75 Å². The SMILES string of the molecule is COc1c(C)c(C)c(Cl)c(C)c1C. The molecule has 0 spiro atoms. The van der Waals surface area contributed by atoms with Gasteiger partial charge in [-0.25, -0.2) is 0 Å². The highest BCUT2D eigenvalue weighted by Crippen LogP contribution is 2.34. The Bertz CT molecular complexity index is 313. The van der Waals surface area contributed by atoms with Crippen molar-refractivity contribution in [2.45, 2.75) is 27.7 Å².